The Kier molecular flexibility index (Phi) is 3.85. The van der Waals surface area contributed by atoms with Gasteiger partial charge in [-0.05, 0) is 18.6 Å². The smallest absolute Gasteiger partial charge is 0.199 e. The van der Waals surface area contributed by atoms with Crippen molar-refractivity contribution in [2.24, 2.45) is 0 Å². The van der Waals surface area contributed by atoms with E-state index in [-0.39, 0.29) is 11.5 Å². The van der Waals surface area contributed by atoms with Crippen LogP contribution in [0.3, 0.4) is 0 Å². The monoisotopic (exact) mass is 212 g/mol. The number of aliphatic hydroxyl groups excluding tert-OH is 1. The van der Waals surface area contributed by atoms with Crippen molar-refractivity contribution < 1.29 is 13.5 Å². The number of sulfone groups is 1. The van der Waals surface area contributed by atoms with Crippen LogP contribution >= 0.6 is 0 Å². The van der Waals surface area contributed by atoms with E-state index >= 15 is 0 Å². The lowest BCUT2D eigenvalue weighted by atomic mass is 10.4. The second-order valence-electron chi connectivity index (χ2n) is 2.74. The van der Waals surface area contributed by atoms with Crippen molar-refractivity contribution in [2.45, 2.75) is 11.3 Å². The molecule has 0 unspecified atom stereocenters. The molecule has 0 aliphatic carbocycles. The summed E-state index contributed by atoms with van der Waals surface area (Å²) in [5, 5.41) is 9.61. The molecular formula is C10H12O3S. The average Bonchev–Trinajstić information content (AvgIpc) is 2.19. The third-order valence-electron chi connectivity index (χ3n) is 1.64. The molecule has 14 heavy (non-hydrogen) atoms. The van der Waals surface area contributed by atoms with Gasteiger partial charge in [-0.25, -0.2) is 8.42 Å². The van der Waals surface area contributed by atoms with Crippen LogP contribution in [-0.4, -0.2) is 20.1 Å². The summed E-state index contributed by atoms with van der Waals surface area (Å²) in [5.41, 5.74) is 0. The molecule has 0 spiro atoms. The SMILES string of the molecule is O=S(=O)(/C=C/CCO)c1ccccc1. The maximum absolute atomic E-state index is 11.5. The fourth-order valence-corrected chi connectivity index (χ4v) is 2.04. The standard InChI is InChI=1S/C10H12O3S/c11-8-4-5-9-14(12,13)10-6-2-1-3-7-10/h1-3,5-7,9,11H,4,8H2/b9-5+. The Balaban J connectivity index is 2.87. The number of benzene rings is 1. The van der Waals surface area contributed by atoms with Crippen LogP contribution in [0.15, 0.2) is 46.7 Å². The summed E-state index contributed by atoms with van der Waals surface area (Å²) in [6.07, 6.45) is 1.80. The molecule has 3 nitrogen and oxygen atoms in total. The zero-order chi connectivity index (χ0) is 10.4. The molecule has 76 valence electrons. The summed E-state index contributed by atoms with van der Waals surface area (Å²) < 4.78 is 23.1. The van der Waals surface area contributed by atoms with E-state index in [1.165, 1.54) is 6.08 Å². The molecule has 0 aliphatic heterocycles. The molecule has 1 rings (SSSR count). The van der Waals surface area contributed by atoms with Crippen molar-refractivity contribution >= 4 is 9.84 Å². The van der Waals surface area contributed by atoms with Gasteiger partial charge >= 0.3 is 0 Å². The lowest BCUT2D eigenvalue weighted by Crippen LogP contribution is -1.95. The molecule has 0 saturated heterocycles. The summed E-state index contributed by atoms with van der Waals surface area (Å²) in [4.78, 5) is 0.272. The van der Waals surface area contributed by atoms with Gasteiger partial charge in [0, 0.05) is 12.0 Å². The number of hydrogen-bond acceptors (Lipinski definition) is 3. The highest BCUT2D eigenvalue weighted by Crippen LogP contribution is 2.11. The minimum absolute atomic E-state index is 0.0409. The molecule has 1 aromatic carbocycles. The number of aliphatic hydroxyl groups is 1. The molecule has 0 aromatic heterocycles. The molecule has 0 radical (unpaired) electrons. The van der Waals surface area contributed by atoms with Crippen LogP contribution in [0.2, 0.25) is 0 Å². The summed E-state index contributed by atoms with van der Waals surface area (Å²) in [7, 11) is -3.32. The van der Waals surface area contributed by atoms with Gasteiger partial charge in [0.2, 0.25) is 0 Å². The second kappa shape index (κ2) is 4.93. The molecule has 0 fully saturated rings. The predicted molar refractivity (Wildman–Crippen MR) is 54.5 cm³/mol. The van der Waals surface area contributed by atoms with E-state index in [4.69, 9.17) is 5.11 Å². The highest BCUT2D eigenvalue weighted by molar-refractivity contribution is 7.94. The summed E-state index contributed by atoms with van der Waals surface area (Å²) in [6.45, 7) is -0.0409. The Hall–Kier alpha value is -1.13. The molecule has 0 saturated carbocycles. The van der Waals surface area contributed by atoms with E-state index in [0.717, 1.165) is 5.41 Å². The van der Waals surface area contributed by atoms with Gasteiger partial charge in [0.15, 0.2) is 9.84 Å². The molecule has 0 bridgehead atoms. The largest absolute Gasteiger partial charge is 0.396 e. The molecule has 1 aromatic rings. The predicted octanol–water partition coefficient (Wildman–Crippen LogP) is 1.36. The van der Waals surface area contributed by atoms with Gasteiger partial charge in [-0.3, -0.25) is 0 Å². The molecule has 0 amide bonds. The Morgan fingerprint density at radius 3 is 2.43 bits per heavy atom. The van der Waals surface area contributed by atoms with Crippen LogP contribution in [0.5, 0.6) is 0 Å². The lowest BCUT2D eigenvalue weighted by Gasteiger charge is -1.96. The highest BCUT2D eigenvalue weighted by atomic mass is 32.2. The molecule has 0 heterocycles. The first-order valence-corrected chi connectivity index (χ1v) is 5.79. The quantitative estimate of drug-likeness (QED) is 0.819. The Bertz CT molecular complexity index is 393. The first-order chi connectivity index (χ1) is 6.67. The minimum atomic E-state index is -3.32. The van der Waals surface area contributed by atoms with Crippen LogP contribution in [0.1, 0.15) is 6.42 Å². The van der Waals surface area contributed by atoms with Gasteiger partial charge in [0.25, 0.3) is 0 Å². The van der Waals surface area contributed by atoms with E-state index in [9.17, 15) is 8.42 Å². The van der Waals surface area contributed by atoms with Gasteiger partial charge in [0.1, 0.15) is 0 Å². The molecular weight excluding hydrogens is 200 g/mol. The van der Waals surface area contributed by atoms with Crippen LogP contribution in [0.4, 0.5) is 0 Å². The normalized spacial score (nSPS) is 12.1. The van der Waals surface area contributed by atoms with Gasteiger partial charge in [0.05, 0.1) is 4.90 Å². The lowest BCUT2D eigenvalue weighted by molar-refractivity contribution is 0.302. The van der Waals surface area contributed by atoms with Crippen molar-refractivity contribution in [3.05, 3.63) is 41.8 Å². The first-order valence-electron chi connectivity index (χ1n) is 4.24. The zero-order valence-corrected chi connectivity index (χ0v) is 8.44. The van der Waals surface area contributed by atoms with Crippen molar-refractivity contribution in [2.75, 3.05) is 6.61 Å². The maximum Gasteiger partial charge on any atom is 0.199 e. The fourth-order valence-electron chi connectivity index (χ4n) is 0.958. The molecule has 0 aliphatic rings. The Labute approximate surface area is 83.6 Å². The van der Waals surface area contributed by atoms with Gasteiger partial charge in [-0.2, -0.15) is 0 Å². The third-order valence-corrected chi connectivity index (χ3v) is 3.12. The van der Waals surface area contributed by atoms with Crippen LogP contribution in [-0.2, 0) is 9.84 Å². The van der Waals surface area contributed by atoms with Gasteiger partial charge < -0.3 is 5.11 Å². The van der Waals surface area contributed by atoms with E-state index in [1.807, 2.05) is 0 Å². The van der Waals surface area contributed by atoms with E-state index < -0.39 is 9.84 Å². The average molecular weight is 212 g/mol. The highest BCUT2D eigenvalue weighted by Gasteiger charge is 2.07. The van der Waals surface area contributed by atoms with Gasteiger partial charge in [-0.15, -0.1) is 0 Å². The maximum atomic E-state index is 11.5. The second-order valence-corrected chi connectivity index (χ2v) is 4.58. The summed E-state index contributed by atoms with van der Waals surface area (Å²) in [6, 6.07) is 8.19. The summed E-state index contributed by atoms with van der Waals surface area (Å²) in [5.74, 6) is 0. The Morgan fingerprint density at radius 1 is 1.21 bits per heavy atom. The molecule has 1 N–H and O–H groups in total. The summed E-state index contributed by atoms with van der Waals surface area (Å²) >= 11 is 0. The topological polar surface area (TPSA) is 54.4 Å². The Morgan fingerprint density at radius 2 is 1.86 bits per heavy atom. The third kappa shape index (κ3) is 2.97. The van der Waals surface area contributed by atoms with Crippen molar-refractivity contribution in [3.8, 4) is 0 Å². The molecule has 0 atom stereocenters. The minimum Gasteiger partial charge on any atom is -0.396 e. The number of rotatable bonds is 4. The molecule has 4 heteroatoms. The van der Waals surface area contributed by atoms with Crippen LogP contribution < -0.4 is 0 Å². The van der Waals surface area contributed by atoms with Crippen molar-refractivity contribution in [3.63, 3.8) is 0 Å². The first kappa shape index (κ1) is 10.9. The number of hydrogen-bond donors (Lipinski definition) is 1. The van der Waals surface area contributed by atoms with Crippen molar-refractivity contribution in [1.29, 1.82) is 0 Å². The van der Waals surface area contributed by atoms with Crippen molar-refractivity contribution in [1.82, 2.24) is 0 Å². The van der Waals surface area contributed by atoms with Gasteiger partial charge in [-0.1, -0.05) is 24.3 Å². The van der Waals surface area contributed by atoms with E-state index in [1.54, 1.807) is 30.3 Å². The zero-order valence-electron chi connectivity index (χ0n) is 7.63. The van der Waals surface area contributed by atoms with Crippen LogP contribution in [0, 0.1) is 0 Å². The van der Waals surface area contributed by atoms with E-state index in [0.29, 0.717) is 6.42 Å². The van der Waals surface area contributed by atoms with Crippen LogP contribution in [0.25, 0.3) is 0 Å². The fraction of sp³-hybridized carbons (Fsp3) is 0.200. The van der Waals surface area contributed by atoms with E-state index in [2.05, 4.69) is 0 Å².